The summed E-state index contributed by atoms with van der Waals surface area (Å²) in [6, 6.07) is 0. The summed E-state index contributed by atoms with van der Waals surface area (Å²) in [4.78, 5) is 2.80. The fraction of sp³-hybridized carbons (Fsp3) is 0.867. The fourth-order valence-corrected chi connectivity index (χ4v) is 2.89. The average Bonchev–Trinajstić information content (AvgIpc) is 3.07. The van der Waals surface area contributed by atoms with Gasteiger partial charge in [-0.05, 0) is 31.2 Å². The molecule has 124 valence electrons. The summed E-state index contributed by atoms with van der Waals surface area (Å²) < 4.78 is 23.9. The minimum Gasteiger partial charge on any atom is -0.350 e. The number of nitrogens with zero attached hydrogens (tertiary/aromatic N) is 3. The maximum absolute atomic E-state index is 8.52. The largest absolute Gasteiger partial charge is 0.350 e. The molecule has 0 bridgehead atoms. The lowest BCUT2D eigenvalue weighted by Crippen LogP contribution is -2.35. The summed E-state index contributed by atoms with van der Waals surface area (Å²) >= 11 is 0. The van der Waals surface area contributed by atoms with Crippen LogP contribution in [0.5, 0.6) is 0 Å². The van der Waals surface area contributed by atoms with Crippen molar-refractivity contribution in [2.45, 2.75) is 69.9 Å². The molecule has 2 heterocycles. The summed E-state index contributed by atoms with van der Waals surface area (Å²) in [5, 5.41) is 3.61. The Hall–Kier alpha value is -1.11. The van der Waals surface area contributed by atoms with Gasteiger partial charge in [-0.15, -0.1) is 6.58 Å². The van der Waals surface area contributed by atoms with Crippen LogP contribution in [0.25, 0.3) is 10.4 Å². The molecule has 4 atom stereocenters. The lowest BCUT2D eigenvalue weighted by Gasteiger charge is -2.28. The lowest BCUT2D eigenvalue weighted by atomic mass is 10.1. The van der Waals surface area contributed by atoms with E-state index in [4.69, 9.17) is 24.5 Å². The minimum atomic E-state index is -0.587. The molecule has 0 saturated carbocycles. The number of ether oxygens (including phenoxy) is 4. The standard InChI is InChI=1S/C15H25N3O4/c1-4-7-8-9-19-14-13-12(11(20-14)10-17-18-16)21-15(5-2,6-3)22-13/h4,11-14H,1,5-10H2,2-3H3/t11-,12?,13?,14-/m1/s1. The van der Waals surface area contributed by atoms with Crippen LogP contribution in [0, 0.1) is 0 Å². The van der Waals surface area contributed by atoms with Gasteiger partial charge in [0.2, 0.25) is 0 Å². The predicted octanol–water partition coefficient (Wildman–Crippen LogP) is 3.30. The van der Waals surface area contributed by atoms with Crippen molar-refractivity contribution < 1.29 is 18.9 Å². The predicted molar refractivity (Wildman–Crippen MR) is 81.1 cm³/mol. The van der Waals surface area contributed by atoms with Crippen molar-refractivity contribution in [3.63, 3.8) is 0 Å². The van der Waals surface area contributed by atoms with Crippen LogP contribution in [-0.2, 0) is 18.9 Å². The highest BCUT2D eigenvalue weighted by Crippen LogP contribution is 2.42. The summed E-state index contributed by atoms with van der Waals surface area (Å²) in [6.45, 7) is 8.55. The maximum atomic E-state index is 8.52. The Kier molecular flexibility index (Phi) is 6.23. The molecule has 2 saturated heterocycles. The number of allylic oxidation sites excluding steroid dienone is 1. The van der Waals surface area contributed by atoms with E-state index in [1.165, 1.54) is 0 Å². The molecule has 0 spiro atoms. The van der Waals surface area contributed by atoms with Crippen molar-refractivity contribution in [2.75, 3.05) is 13.2 Å². The van der Waals surface area contributed by atoms with E-state index in [2.05, 4.69) is 16.6 Å². The molecule has 2 rings (SSSR count). The van der Waals surface area contributed by atoms with Gasteiger partial charge in [0.25, 0.3) is 0 Å². The Morgan fingerprint density at radius 2 is 2.05 bits per heavy atom. The molecular weight excluding hydrogens is 286 g/mol. The summed E-state index contributed by atoms with van der Waals surface area (Å²) in [5.74, 6) is -0.587. The molecule has 2 aliphatic rings. The van der Waals surface area contributed by atoms with Crippen LogP contribution in [0.2, 0.25) is 0 Å². The molecule has 0 aromatic heterocycles. The molecule has 0 amide bonds. The summed E-state index contributed by atoms with van der Waals surface area (Å²) in [5.41, 5.74) is 8.52. The van der Waals surface area contributed by atoms with Gasteiger partial charge in [-0.1, -0.05) is 25.0 Å². The lowest BCUT2D eigenvalue weighted by molar-refractivity contribution is -0.247. The van der Waals surface area contributed by atoms with Crippen LogP contribution in [0.15, 0.2) is 17.8 Å². The van der Waals surface area contributed by atoms with Crippen LogP contribution in [0.4, 0.5) is 0 Å². The van der Waals surface area contributed by atoms with E-state index >= 15 is 0 Å². The first kappa shape index (κ1) is 17.2. The molecule has 7 nitrogen and oxygen atoms in total. The number of unbranched alkanes of at least 4 members (excludes halogenated alkanes) is 1. The Morgan fingerprint density at radius 1 is 1.32 bits per heavy atom. The first-order valence-corrected chi connectivity index (χ1v) is 7.94. The number of fused-ring (bicyclic) bond motifs is 1. The molecule has 2 fully saturated rings. The topological polar surface area (TPSA) is 85.7 Å². The molecular formula is C15H25N3O4. The third-order valence-corrected chi connectivity index (χ3v) is 4.21. The van der Waals surface area contributed by atoms with Gasteiger partial charge in [-0.3, -0.25) is 0 Å². The second-order valence-corrected chi connectivity index (χ2v) is 5.54. The van der Waals surface area contributed by atoms with Gasteiger partial charge in [-0.2, -0.15) is 0 Å². The third kappa shape index (κ3) is 3.62. The monoisotopic (exact) mass is 311 g/mol. The highest BCUT2D eigenvalue weighted by molar-refractivity contribution is 4.97. The van der Waals surface area contributed by atoms with Gasteiger partial charge in [0.15, 0.2) is 12.1 Å². The zero-order valence-electron chi connectivity index (χ0n) is 13.3. The molecule has 7 heteroatoms. The zero-order chi connectivity index (χ0) is 16.0. The number of azide groups is 1. The number of rotatable bonds is 9. The van der Waals surface area contributed by atoms with E-state index in [0.29, 0.717) is 6.61 Å². The maximum Gasteiger partial charge on any atom is 0.186 e. The molecule has 0 radical (unpaired) electrons. The second kappa shape index (κ2) is 7.94. The van der Waals surface area contributed by atoms with Gasteiger partial charge in [0.05, 0.1) is 19.3 Å². The molecule has 0 aromatic rings. The smallest absolute Gasteiger partial charge is 0.186 e. The highest BCUT2D eigenvalue weighted by atomic mass is 16.8. The van der Waals surface area contributed by atoms with Crippen LogP contribution in [0.3, 0.4) is 0 Å². The minimum absolute atomic E-state index is 0.219. The fourth-order valence-electron chi connectivity index (χ4n) is 2.89. The van der Waals surface area contributed by atoms with Gasteiger partial charge in [0.1, 0.15) is 12.2 Å². The first-order valence-electron chi connectivity index (χ1n) is 7.94. The molecule has 2 aliphatic heterocycles. The highest BCUT2D eigenvalue weighted by Gasteiger charge is 2.57. The quantitative estimate of drug-likeness (QED) is 0.215. The molecule has 0 N–H and O–H groups in total. The van der Waals surface area contributed by atoms with Gasteiger partial charge < -0.3 is 18.9 Å². The Balaban J connectivity index is 2.02. The van der Waals surface area contributed by atoms with Crippen molar-refractivity contribution in [3.05, 3.63) is 23.1 Å². The Morgan fingerprint density at radius 3 is 2.68 bits per heavy atom. The van der Waals surface area contributed by atoms with Crippen LogP contribution >= 0.6 is 0 Å². The van der Waals surface area contributed by atoms with E-state index in [0.717, 1.165) is 25.7 Å². The number of hydrogen-bond donors (Lipinski definition) is 0. The Labute approximate surface area is 131 Å². The van der Waals surface area contributed by atoms with Crippen LogP contribution < -0.4 is 0 Å². The average molecular weight is 311 g/mol. The SMILES string of the molecule is C=CCCCO[C@@H]1O[C@H](CN=[N+]=[N-])C2OC(CC)(CC)OC21. The van der Waals surface area contributed by atoms with Gasteiger partial charge >= 0.3 is 0 Å². The Bertz CT molecular complexity index is 421. The molecule has 0 aliphatic carbocycles. The van der Waals surface area contributed by atoms with Gasteiger partial charge in [0, 0.05) is 4.91 Å². The first-order chi connectivity index (χ1) is 10.7. The van der Waals surface area contributed by atoms with E-state index in [-0.39, 0.29) is 24.9 Å². The van der Waals surface area contributed by atoms with E-state index in [9.17, 15) is 0 Å². The molecule has 0 aromatic carbocycles. The van der Waals surface area contributed by atoms with E-state index < -0.39 is 12.1 Å². The van der Waals surface area contributed by atoms with Gasteiger partial charge in [-0.25, -0.2) is 0 Å². The van der Waals surface area contributed by atoms with Crippen molar-refractivity contribution in [2.24, 2.45) is 5.11 Å². The van der Waals surface area contributed by atoms with E-state index in [1.807, 2.05) is 19.9 Å². The molecule has 2 unspecified atom stereocenters. The van der Waals surface area contributed by atoms with Crippen LogP contribution in [-0.4, -0.2) is 43.5 Å². The van der Waals surface area contributed by atoms with Crippen molar-refractivity contribution >= 4 is 0 Å². The number of hydrogen-bond acceptors (Lipinski definition) is 5. The van der Waals surface area contributed by atoms with E-state index in [1.54, 1.807) is 0 Å². The van der Waals surface area contributed by atoms with Crippen molar-refractivity contribution in [3.8, 4) is 0 Å². The van der Waals surface area contributed by atoms with Crippen molar-refractivity contribution in [1.82, 2.24) is 0 Å². The third-order valence-electron chi connectivity index (χ3n) is 4.21. The zero-order valence-corrected chi connectivity index (χ0v) is 13.3. The molecule has 22 heavy (non-hydrogen) atoms. The van der Waals surface area contributed by atoms with Crippen molar-refractivity contribution in [1.29, 1.82) is 0 Å². The summed E-state index contributed by atoms with van der Waals surface area (Å²) in [7, 11) is 0. The normalized spacial score (nSPS) is 32.5. The second-order valence-electron chi connectivity index (χ2n) is 5.54. The summed E-state index contributed by atoms with van der Waals surface area (Å²) in [6.07, 6.45) is 3.82. The van der Waals surface area contributed by atoms with Crippen LogP contribution in [0.1, 0.15) is 39.5 Å².